The molecule has 0 saturated carbocycles. The SMILES string of the molecule is Cc1sc2ccccc2c1-c1ccc(-c2ccc(-c3cc4cc5sc(-c6ccc(-c7ccc(-c8c(C)sc9ccccc89)cc7)cc6)cc5cc4s3)cc2)cc1. The van der Waals surface area contributed by atoms with Gasteiger partial charge in [-0.3, -0.25) is 0 Å². The molecule has 11 aromatic rings. The summed E-state index contributed by atoms with van der Waals surface area (Å²) in [6.07, 6.45) is 0. The van der Waals surface area contributed by atoms with E-state index in [4.69, 9.17) is 0 Å². The van der Waals surface area contributed by atoms with E-state index in [1.54, 1.807) is 0 Å². The second-order valence-corrected chi connectivity index (χ2v) is 19.2. The maximum absolute atomic E-state index is 2.38. The first-order valence-corrected chi connectivity index (χ1v) is 22.1. The summed E-state index contributed by atoms with van der Waals surface area (Å²) >= 11 is 7.52. The molecule has 0 atom stereocenters. The van der Waals surface area contributed by atoms with E-state index in [0.717, 1.165) is 0 Å². The van der Waals surface area contributed by atoms with Gasteiger partial charge in [-0.25, -0.2) is 0 Å². The molecule has 0 aliphatic carbocycles. The van der Waals surface area contributed by atoms with E-state index in [1.165, 1.54) is 115 Å². The van der Waals surface area contributed by atoms with Crippen LogP contribution in [0.2, 0.25) is 0 Å². The number of rotatable bonds is 6. The Bertz CT molecular complexity index is 2950. The molecule has 0 bridgehead atoms. The topological polar surface area (TPSA) is 0 Å². The summed E-state index contributed by atoms with van der Waals surface area (Å²) in [6, 6.07) is 63.2. The minimum Gasteiger partial charge on any atom is -0.140 e. The molecule has 0 radical (unpaired) electrons. The number of benzene rings is 7. The molecule has 11 rings (SSSR count). The Labute approximate surface area is 342 Å². The number of aryl methyl sites for hydroxylation is 2. The van der Waals surface area contributed by atoms with Crippen molar-refractivity contribution in [3.8, 4) is 65.4 Å². The molecular weight excluding hydrogens is 753 g/mol. The van der Waals surface area contributed by atoms with Crippen LogP contribution in [0.5, 0.6) is 0 Å². The summed E-state index contributed by atoms with van der Waals surface area (Å²) in [5, 5.41) is 5.31. The van der Waals surface area contributed by atoms with Gasteiger partial charge < -0.3 is 0 Å². The second-order valence-electron chi connectivity index (χ2n) is 14.5. The van der Waals surface area contributed by atoms with E-state index in [0.29, 0.717) is 0 Å². The van der Waals surface area contributed by atoms with Crippen molar-refractivity contribution >= 4 is 85.7 Å². The van der Waals surface area contributed by atoms with Crippen molar-refractivity contribution in [1.82, 2.24) is 0 Å². The third-order valence-corrected chi connectivity index (χ3v) is 15.5. The van der Waals surface area contributed by atoms with Crippen LogP contribution in [0, 0.1) is 13.8 Å². The molecule has 0 unspecified atom stereocenters. The summed E-state index contributed by atoms with van der Waals surface area (Å²) < 4.78 is 5.36. The minimum absolute atomic E-state index is 1.24. The van der Waals surface area contributed by atoms with Crippen LogP contribution in [0.3, 0.4) is 0 Å². The van der Waals surface area contributed by atoms with Gasteiger partial charge in [-0.15, -0.1) is 45.3 Å². The molecule has 0 nitrogen and oxygen atoms in total. The second kappa shape index (κ2) is 13.5. The van der Waals surface area contributed by atoms with Gasteiger partial charge in [0.25, 0.3) is 0 Å². The molecule has 4 heterocycles. The van der Waals surface area contributed by atoms with E-state index in [9.17, 15) is 0 Å². The lowest BCUT2D eigenvalue weighted by molar-refractivity contribution is 1.58. The highest BCUT2D eigenvalue weighted by Gasteiger charge is 2.14. The largest absolute Gasteiger partial charge is 0.140 e. The van der Waals surface area contributed by atoms with Crippen LogP contribution in [0.15, 0.2) is 170 Å². The zero-order valence-corrected chi connectivity index (χ0v) is 34.1. The molecule has 56 heavy (non-hydrogen) atoms. The van der Waals surface area contributed by atoms with E-state index in [-0.39, 0.29) is 0 Å². The first-order valence-electron chi connectivity index (χ1n) is 18.9. The predicted octanol–water partition coefficient (Wildman–Crippen LogP) is 17.2. The Balaban J connectivity index is 0.807. The van der Waals surface area contributed by atoms with Crippen molar-refractivity contribution in [1.29, 1.82) is 0 Å². The molecule has 0 N–H and O–H groups in total. The highest BCUT2D eigenvalue weighted by atomic mass is 32.1. The lowest BCUT2D eigenvalue weighted by Crippen LogP contribution is -1.82. The first-order chi connectivity index (χ1) is 27.5. The Kier molecular flexibility index (Phi) is 8.15. The Hall–Kier alpha value is -5.62. The van der Waals surface area contributed by atoms with E-state index in [1.807, 2.05) is 45.3 Å². The standard InChI is InChI=1S/C52H34S4/c1-31-51(43-7-3-5-9-45(43)53-31)39-23-15-35(16-24-39)33-11-19-37(20-12-33)47-27-41-29-50-42(30-49(41)55-47)28-48(56-50)38-21-13-34(14-22-38)36-17-25-40(26-18-36)52-32(2)54-46-10-6-4-8-44(46)52/h3-30H,1-2H3. The van der Waals surface area contributed by atoms with Crippen LogP contribution in [-0.2, 0) is 0 Å². The van der Waals surface area contributed by atoms with Crippen LogP contribution in [0.1, 0.15) is 9.75 Å². The Morgan fingerprint density at radius 3 is 0.982 bits per heavy atom. The molecule has 4 aromatic heterocycles. The predicted molar refractivity (Wildman–Crippen MR) is 250 cm³/mol. The van der Waals surface area contributed by atoms with Crippen molar-refractivity contribution in [3.63, 3.8) is 0 Å². The van der Waals surface area contributed by atoms with Gasteiger partial charge in [0.15, 0.2) is 0 Å². The number of thiophene rings is 4. The van der Waals surface area contributed by atoms with Gasteiger partial charge in [-0.1, -0.05) is 133 Å². The molecular formula is C52H34S4. The van der Waals surface area contributed by atoms with Gasteiger partial charge in [0, 0.05) is 60.2 Å². The lowest BCUT2D eigenvalue weighted by atomic mass is 9.98. The lowest BCUT2D eigenvalue weighted by Gasteiger charge is -2.07. The quantitative estimate of drug-likeness (QED) is 0.157. The maximum atomic E-state index is 2.38. The van der Waals surface area contributed by atoms with Crippen LogP contribution >= 0.6 is 45.3 Å². The molecule has 0 fully saturated rings. The third-order valence-electron chi connectivity index (χ3n) is 11.1. The average Bonchev–Trinajstić information content (AvgIpc) is 4.01. The van der Waals surface area contributed by atoms with Crippen molar-refractivity contribution in [2.24, 2.45) is 0 Å². The van der Waals surface area contributed by atoms with Crippen molar-refractivity contribution in [2.75, 3.05) is 0 Å². The van der Waals surface area contributed by atoms with Crippen molar-refractivity contribution in [2.45, 2.75) is 13.8 Å². The minimum atomic E-state index is 1.24. The van der Waals surface area contributed by atoms with Crippen molar-refractivity contribution < 1.29 is 0 Å². The summed E-state index contributed by atoms with van der Waals surface area (Å²) in [6.45, 7) is 4.46. The normalized spacial score (nSPS) is 11.8. The Morgan fingerprint density at radius 1 is 0.286 bits per heavy atom. The van der Waals surface area contributed by atoms with E-state index in [2.05, 4.69) is 184 Å². The summed E-state index contributed by atoms with van der Waals surface area (Å²) in [5.74, 6) is 0. The zero-order chi connectivity index (χ0) is 37.3. The Morgan fingerprint density at radius 2 is 0.607 bits per heavy atom. The average molecular weight is 787 g/mol. The molecule has 0 saturated heterocycles. The van der Waals surface area contributed by atoms with Crippen LogP contribution in [-0.4, -0.2) is 0 Å². The van der Waals surface area contributed by atoms with Crippen molar-refractivity contribution in [3.05, 3.63) is 180 Å². The maximum Gasteiger partial charge on any atom is 0.0356 e. The summed E-state index contributed by atoms with van der Waals surface area (Å²) in [7, 11) is 0. The molecule has 0 aliphatic heterocycles. The fourth-order valence-electron chi connectivity index (χ4n) is 8.22. The summed E-state index contributed by atoms with van der Waals surface area (Å²) in [5.41, 5.74) is 12.8. The van der Waals surface area contributed by atoms with Crippen LogP contribution < -0.4 is 0 Å². The van der Waals surface area contributed by atoms with Gasteiger partial charge in [0.05, 0.1) is 0 Å². The molecule has 0 aliphatic rings. The van der Waals surface area contributed by atoms with Gasteiger partial charge >= 0.3 is 0 Å². The zero-order valence-electron chi connectivity index (χ0n) is 30.8. The highest BCUT2D eigenvalue weighted by Crippen LogP contribution is 2.43. The molecule has 266 valence electrons. The smallest absolute Gasteiger partial charge is 0.0356 e. The van der Waals surface area contributed by atoms with Gasteiger partial charge in [-0.05, 0) is 106 Å². The third kappa shape index (κ3) is 5.84. The highest BCUT2D eigenvalue weighted by molar-refractivity contribution is 7.24. The van der Waals surface area contributed by atoms with Crippen LogP contribution in [0.4, 0.5) is 0 Å². The molecule has 7 aromatic carbocycles. The fourth-order valence-corrected chi connectivity index (χ4v) is 12.6. The molecule has 0 spiro atoms. The van der Waals surface area contributed by atoms with Gasteiger partial charge in [0.1, 0.15) is 0 Å². The molecule has 0 amide bonds. The first kappa shape index (κ1) is 33.7. The summed E-state index contributed by atoms with van der Waals surface area (Å²) in [4.78, 5) is 5.35. The monoisotopic (exact) mass is 786 g/mol. The van der Waals surface area contributed by atoms with E-state index >= 15 is 0 Å². The molecule has 4 heteroatoms. The van der Waals surface area contributed by atoms with Crippen LogP contribution in [0.25, 0.3) is 106 Å². The number of fused-ring (bicyclic) bond motifs is 4. The van der Waals surface area contributed by atoms with Gasteiger partial charge in [-0.2, -0.15) is 0 Å². The van der Waals surface area contributed by atoms with Gasteiger partial charge in [0.2, 0.25) is 0 Å². The van der Waals surface area contributed by atoms with E-state index < -0.39 is 0 Å². The number of hydrogen-bond acceptors (Lipinski definition) is 4. The number of hydrogen-bond donors (Lipinski definition) is 0. The fraction of sp³-hybridized carbons (Fsp3) is 0.0385.